The molecule has 1 heterocycles. The molecule has 1 unspecified atom stereocenters. The fourth-order valence-corrected chi connectivity index (χ4v) is 2.82. The fourth-order valence-electron chi connectivity index (χ4n) is 2.63. The molecule has 1 aliphatic heterocycles. The minimum Gasteiger partial charge on any atom is -0.493 e. The maximum Gasteiger partial charge on any atom is 0.163 e. The molecule has 0 spiro atoms. The van der Waals surface area contributed by atoms with Crippen LogP contribution in [0.15, 0.2) is 48.5 Å². The van der Waals surface area contributed by atoms with Crippen LogP contribution in [-0.4, -0.2) is 12.4 Å². The van der Waals surface area contributed by atoms with Gasteiger partial charge in [-0.1, -0.05) is 41.9 Å². The van der Waals surface area contributed by atoms with E-state index in [0.29, 0.717) is 23.6 Å². The lowest BCUT2D eigenvalue weighted by molar-refractivity contribution is 0.0966. The van der Waals surface area contributed by atoms with Crippen molar-refractivity contribution in [3.05, 3.63) is 64.7 Å². The highest BCUT2D eigenvalue weighted by molar-refractivity contribution is 6.31. The van der Waals surface area contributed by atoms with Crippen LogP contribution in [-0.2, 0) is 0 Å². The van der Waals surface area contributed by atoms with Crippen LogP contribution < -0.4 is 4.74 Å². The Balaban J connectivity index is 1.81. The number of hydrogen-bond donors (Lipinski definition) is 0. The summed E-state index contributed by atoms with van der Waals surface area (Å²) < 4.78 is 5.63. The van der Waals surface area contributed by atoms with Crippen molar-refractivity contribution in [1.29, 1.82) is 0 Å². The summed E-state index contributed by atoms with van der Waals surface area (Å²) >= 11 is 5.94. The van der Waals surface area contributed by atoms with Crippen molar-refractivity contribution < 1.29 is 9.53 Å². The normalized spacial score (nSPS) is 17.1. The zero-order valence-electron chi connectivity index (χ0n) is 11.0. The summed E-state index contributed by atoms with van der Waals surface area (Å²) in [5.74, 6) is 1.27. The van der Waals surface area contributed by atoms with Gasteiger partial charge in [-0.25, -0.2) is 0 Å². The van der Waals surface area contributed by atoms with Crippen molar-refractivity contribution >= 4 is 17.4 Å². The lowest BCUT2D eigenvalue weighted by Crippen LogP contribution is -2.17. The van der Waals surface area contributed by atoms with Crippen LogP contribution in [0.3, 0.4) is 0 Å². The summed E-state index contributed by atoms with van der Waals surface area (Å²) in [6.45, 7) is 0.671. The maximum absolute atomic E-state index is 12.4. The average Bonchev–Trinajstić information content (AvgIpc) is 2.47. The number of hydrogen-bond acceptors (Lipinski definition) is 2. The Morgan fingerprint density at radius 1 is 1.20 bits per heavy atom. The molecule has 0 saturated carbocycles. The van der Waals surface area contributed by atoms with Crippen molar-refractivity contribution in [2.75, 3.05) is 6.61 Å². The van der Waals surface area contributed by atoms with Gasteiger partial charge in [-0.15, -0.1) is 0 Å². The SMILES string of the molecule is O=C(CC1CCOc2ccccc21)c1cccc(Cl)c1. The van der Waals surface area contributed by atoms with Gasteiger partial charge in [0.1, 0.15) is 5.75 Å². The Hall–Kier alpha value is -1.80. The number of halogens is 1. The molecule has 0 bridgehead atoms. The molecule has 0 N–H and O–H groups in total. The minimum absolute atomic E-state index is 0.134. The van der Waals surface area contributed by atoms with E-state index < -0.39 is 0 Å². The second-order valence-corrected chi connectivity index (χ2v) is 5.45. The summed E-state index contributed by atoms with van der Waals surface area (Å²) in [6, 6.07) is 15.1. The van der Waals surface area contributed by atoms with Gasteiger partial charge in [-0.3, -0.25) is 4.79 Å². The highest BCUT2D eigenvalue weighted by Gasteiger charge is 2.23. The molecule has 3 rings (SSSR count). The molecule has 1 aliphatic rings. The Bertz CT molecular complexity index is 636. The highest BCUT2D eigenvalue weighted by atomic mass is 35.5. The molecule has 2 aromatic carbocycles. The summed E-state index contributed by atoms with van der Waals surface area (Å²) in [4.78, 5) is 12.4. The first kappa shape index (κ1) is 13.2. The first-order valence-corrected chi connectivity index (χ1v) is 7.12. The van der Waals surface area contributed by atoms with Crippen molar-refractivity contribution in [3.63, 3.8) is 0 Å². The zero-order valence-corrected chi connectivity index (χ0v) is 11.8. The molecule has 0 radical (unpaired) electrons. The lowest BCUT2D eigenvalue weighted by Gasteiger charge is -2.25. The second kappa shape index (κ2) is 5.68. The molecular formula is C17H15ClO2. The topological polar surface area (TPSA) is 26.3 Å². The number of ketones is 1. The van der Waals surface area contributed by atoms with E-state index in [2.05, 4.69) is 0 Å². The van der Waals surface area contributed by atoms with Crippen molar-refractivity contribution in [2.24, 2.45) is 0 Å². The Morgan fingerprint density at radius 3 is 2.90 bits per heavy atom. The number of fused-ring (bicyclic) bond motifs is 1. The molecule has 3 heteroatoms. The number of rotatable bonds is 3. The van der Waals surface area contributed by atoms with Gasteiger partial charge < -0.3 is 4.74 Å². The van der Waals surface area contributed by atoms with E-state index >= 15 is 0 Å². The lowest BCUT2D eigenvalue weighted by atomic mass is 9.87. The van der Waals surface area contributed by atoms with Crippen LogP contribution in [0.25, 0.3) is 0 Å². The van der Waals surface area contributed by atoms with Crippen LogP contribution >= 0.6 is 11.6 Å². The van der Waals surface area contributed by atoms with Gasteiger partial charge in [0.05, 0.1) is 6.61 Å². The van der Waals surface area contributed by atoms with Gasteiger partial charge in [-0.2, -0.15) is 0 Å². The number of Topliss-reactive ketones (excluding diaryl/α,β-unsaturated/α-hetero) is 1. The second-order valence-electron chi connectivity index (χ2n) is 5.01. The van der Waals surface area contributed by atoms with E-state index in [-0.39, 0.29) is 11.7 Å². The smallest absolute Gasteiger partial charge is 0.163 e. The average molecular weight is 287 g/mol. The monoisotopic (exact) mass is 286 g/mol. The van der Waals surface area contributed by atoms with Gasteiger partial charge in [0, 0.05) is 17.0 Å². The largest absolute Gasteiger partial charge is 0.493 e. The van der Waals surface area contributed by atoms with E-state index in [9.17, 15) is 4.79 Å². The summed E-state index contributed by atoms with van der Waals surface area (Å²) in [5, 5.41) is 0.600. The summed E-state index contributed by atoms with van der Waals surface area (Å²) in [6.07, 6.45) is 1.38. The molecule has 0 aromatic heterocycles. The van der Waals surface area contributed by atoms with Crippen LogP contribution in [0.2, 0.25) is 5.02 Å². The van der Waals surface area contributed by atoms with E-state index in [1.54, 1.807) is 12.1 Å². The highest BCUT2D eigenvalue weighted by Crippen LogP contribution is 2.36. The predicted molar refractivity (Wildman–Crippen MR) is 79.7 cm³/mol. The van der Waals surface area contributed by atoms with E-state index in [1.165, 1.54) is 0 Å². The van der Waals surface area contributed by atoms with Crippen LogP contribution in [0.1, 0.15) is 34.7 Å². The van der Waals surface area contributed by atoms with Crippen molar-refractivity contribution in [1.82, 2.24) is 0 Å². The van der Waals surface area contributed by atoms with Crippen molar-refractivity contribution in [3.8, 4) is 5.75 Å². The zero-order chi connectivity index (χ0) is 13.9. The number of benzene rings is 2. The molecule has 0 amide bonds. The van der Waals surface area contributed by atoms with Gasteiger partial charge in [0.25, 0.3) is 0 Å². The third-order valence-corrected chi connectivity index (χ3v) is 3.90. The van der Waals surface area contributed by atoms with Crippen molar-refractivity contribution in [2.45, 2.75) is 18.8 Å². The van der Waals surface area contributed by atoms with Gasteiger partial charge in [0.2, 0.25) is 0 Å². The Morgan fingerprint density at radius 2 is 2.05 bits per heavy atom. The first-order valence-electron chi connectivity index (χ1n) is 6.74. The number of carbonyl (C=O) groups is 1. The first-order chi connectivity index (χ1) is 9.74. The summed E-state index contributed by atoms with van der Waals surface area (Å²) in [5.41, 5.74) is 1.82. The number of para-hydroxylation sites is 1. The number of ether oxygens (including phenoxy) is 1. The molecule has 20 heavy (non-hydrogen) atoms. The Kier molecular flexibility index (Phi) is 3.75. The van der Waals surface area contributed by atoms with Crippen LogP contribution in [0, 0.1) is 0 Å². The molecule has 0 saturated heterocycles. The van der Waals surface area contributed by atoms with E-state index in [4.69, 9.17) is 16.3 Å². The van der Waals surface area contributed by atoms with E-state index in [1.807, 2.05) is 36.4 Å². The predicted octanol–water partition coefficient (Wildman–Crippen LogP) is 4.48. The molecule has 1 atom stereocenters. The standard InChI is InChI=1S/C17H15ClO2/c18-14-5-3-4-13(10-14)16(19)11-12-8-9-20-17-7-2-1-6-15(12)17/h1-7,10,12H,8-9,11H2. The molecule has 2 aromatic rings. The molecule has 0 fully saturated rings. The van der Waals surface area contributed by atoms with Gasteiger partial charge in [-0.05, 0) is 36.1 Å². The Labute approximate surface area is 123 Å². The maximum atomic E-state index is 12.4. The molecular weight excluding hydrogens is 272 g/mol. The molecule has 102 valence electrons. The molecule has 0 aliphatic carbocycles. The van der Waals surface area contributed by atoms with Gasteiger partial charge in [0.15, 0.2) is 5.78 Å². The van der Waals surface area contributed by atoms with E-state index in [0.717, 1.165) is 17.7 Å². The molecule has 2 nitrogen and oxygen atoms in total. The minimum atomic E-state index is 0.134. The third kappa shape index (κ3) is 2.70. The fraction of sp³-hybridized carbons (Fsp3) is 0.235. The quantitative estimate of drug-likeness (QED) is 0.778. The third-order valence-electron chi connectivity index (χ3n) is 3.66. The summed E-state index contributed by atoms with van der Waals surface area (Å²) in [7, 11) is 0. The van der Waals surface area contributed by atoms with Crippen LogP contribution in [0.4, 0.5) is 0 Å². The van der Waals surface area contributed by atoms with Gasteiger partial charge >= 0.3 is 0 Å². The number of carbonyl (C=O) groups excluding carboxylic acids is 1. The van der Waals surface area contributed by atoms with Crippen LogP contribution in [0.5, 0.6) is 5.75 Å².